The minimum atomic E-state index is 0.868. The van der Waals surface area contributed by atoms with Crippen molar-refractivity contribution in [2.24, 2.45) is 0 Å². The maximum Gasteiger partial charge on any atom is 0.159 e. The van der Waals surface area contributed by atoms with Gasteiger partial charge in [-0.05, 0) is 163 Å². The van der Waals surface area contributed by atoms with Crippen LogP contribution in [-0.4, -0.2) is 0 Å². The molecule has 0 aliphatic heterocycles. The summed E-state index contributed by atoms with van der Waals surface area (Å²) in [5, 5.41) is 14.7. The summed E-state index contributed by atoms with van der Waals surface area (Å²) in [6.45, 7) is 4.56. The molecule has 0 unspecified atom stereocenters. The molecule has 0 spiro atoms. The monoisotopic (exact) mass is 946 g/mol. The zero-order valence-electron chi connectivity index (χ0n) is 40.8. The van der Waals surface area contributed by atoms with E-state index in [-0.39, 0.29) is 0 Å². The summed E-state index contributed by atoms with van der Waals surface area (Å²) in [7, 11) is 0. The average Bonchev–Trinajstić information content (AvgIpc) is 4.04. The summed E-state index contributed by atoms with van der Waals surface area (Å²) in [4.78, 5) is 4.63. The molecule has 15 aromatic rings. The lowest BCUT2D eigenvalue weighted by atomic mass is 9.81. The molecule has 0 saturated carbocycles. The second kappa shape index (κ2) is 16.5. The van der Waals surface area contributed by atoms with Gasteiger partial charge in [0.1, 0.15) is 11.2 Å². The van der Waals surface area contributed by atoms with Crippen molar-refractivity contribution in [3.05, 3.63) is 254 Å². The first-order valence-electron chi connectivity index (χ1n) is 25.4. The SMILES string of the molecule is Cc1cc(-c2ccc(N(c3ccccc3)c3cccc4c3oc3ccccc34)cc2)c2c3ccccc3c3c(C)cc(-c4ccc(N(c5ccccc5)c5cccc6c5oc5ccccc56)cc4)c4ccc1c2c43. The molecular weight excluding hydrogens is 901 g/mol. The lowest BCUT2D eigenvalue weighted by Gasteiger charge is -2.26. The van der Waals surface area contributed by atoms with Crippen LogP contribution in [0.15, 0.2) is 251 Å². The molecule has 13 aromatic carbocycles. The molecule has 74 heavy (non-hydrogen) atoms. The molecule has 0 aliphatic carbocycles. The van der Waals surface area contributed by atoms with Gasteiger partial charge in [-0.3, -0.25) is 0 Å². The molecule has 2 heterocycles. The van der Waals surface area contributed by atoms with E-state index in [1.54, 1.807) is 0 Å². The number of anilines is 6. The first-order chi connectivity index (χ1) is 36.6. The van der Waals surface area contributed by atoms with Crippen molar-refractivity contribution in [3.63, 3.8) is 0 Å². The van der Waals surface area contributed by atoms with E-state index in [1.807, 2.05) is 18.2 Å². The molecule has 2 aromatic heterocycles. The quantitative estimate of drug-likeness (QED) is 0.112. The molecular formula is C70H46N2O2. The number of rotatable bonds is 8. The molecule has 348 valence electrons. The van der Waals surface area contributed by atoms with E-state index >= 15 is 0 Å². The molecule has 0 amide bonds. The molecule has 0 N–H and O–H groups in total. The Balaban J connectivity index is 0.887. The fourth-order valence-electron chi connectivity index (χ4n) is 12.2. The van der Waals surface area contributed by atoms with Gasteiger partial charge in [-0.1, -0.05) is 170 Å². The van der Waals surface area contributed by atoms with E-state index in [1.165, 1.54) is 76.5 Å². The number of para-hydroxylation sites is 6. The average molecular weight is 947 g/mol. The minimum Gasteiger partial charge on any atom is -0.454 e. The summed E-state index contributed by atoms with van der Waals surface area (Å²) < 4.78 is 13.2. The third kappa shape index (κ3) is 6.35. The van der Waals surface area contributed by atoms with Crippen molar-refractivity contribution in [2.75, 3.05) is 9.80 Å². The Labute approximate surface area is 427 Å². The van der Waals surface area contributed by atoms with Crippen molar-refractivity contribution in [1.29, 1.82) is 0 Å². The Hall–Kier alpha value is -9.64. The summed E-state index contributed by atoms with van der Waals surface area (Å²) in [5.74, 6) is 0. The highest BCUT2D eigenvalue weighted by atomic mass is 16.3. The van der Waals surface area contributed by atoms with Gasteiger partial charge in [-0.2, -0.15) is 0 Å². The molecule has 0 bridgehead atoms. The Bertz CT molecular complexity index is 4670. The largest absolute Gasteiger partial charge is 0.454 e. The van der Waals surface area contributed by atoms with Crippen molar-refractivity contribution >= 4 is 121 Å². The summed E-state index contributed by atoms with van der Waals surface area (Å²) >= 11 is 0. The molecule has 4 heteroatoms. The number of aryl methyl sites for hydroxylation is 2. The number of fused-ring (bicyclic) bond motifs is 9. The molecule has 4 nitrogen and oxygen atoms in total. The van der Waals surface area contributed by atoms with Crippen LogP contribution in [-0.2, 0) is 0 Å². The van der Waals surface area contributed by atoms with Gasteiger partial charge < -0.3 is 18.6 Å². The third-order valence-electron chi connectivity index (χ3n) is 15.4. The zero-order valence-corrected chi connectivity index (χ0v) is 40.8. The van der Waals surface area contributed by atoms with Crippen molar-refractivity contribution in [2.45, 2.75) is 13.8 Å². The summed E-state index contributed by atoms with van der Waals surface area (Å²) in [5.41, 5.74) is 17.0. The molecule has 0 saturated heterocycles. The lowest BCUT2D eigenvalue weighted by molar-refractivity contribution is 0.668. The van der Waals surface area contributed by atoms with Gasteiger partial charge in [0.25, 0.3) is 0 Å². The zero-order chi connectivity index (χ0) is 49.0. The van der Waals surface area contributed by atoms with E-state index in [2.05, 4.69) is 248 Å². The highest BCUT2D eigenvalue weighted by Crippen LogP contribution is 2.50. The predicted molar refractivity (Wildman–Crippen MR) is 312 cm³/mol. The van der Waals surface area contributed by atoms with Gasteiger partial charge in [0.05, 0.1) is 11.4 Å². The van der Waals surface area contributed by atoms with Gasteiger partial charge in [-0.25, -0.2) is 0 Å². The van der Waals surface area contributed by atoms with Gasteiger partial charge in [0, 0.05) is 44.3 Å². The van der Waals surface area contributed by atoms with Crippen LogP contribution in [0.4, 0.5) is 34.1 Å². The van der Waals surface area contributed by atoms with E-state index in [0.717, 1.165) is 78.0 Å². The predicted octanol–water partition coefficient (Wildman–Crippen LogP) is 20.4. The van der Waals surface area contributed by atoms with Crippen LogP contribution in [0.2, 0.25) is 0 Å². The highest BCUT2D eigenvalue weighted by Gasteiger charge is 2.25. The highest BCUT2D eigenvalue weighted by molar-refractivity contribution is 6.38. The van der Waals surface area contributed by atoms with Crippen LogP contribution in [0.1, 0.15) is 11.1 Å². The number of furan rings is 2. The Kier molecular flexibility index (Phi) is 9.36. The van der Waals surface area contributed by atoms with Crippen molar-refractivity contribution in [3.8, 4) is 22.3 Å². The Morgan fingerprint density at radius 2 is 0.676 bits per heavy atom. The minimum absolute atomic E-state index is 0.868. The normalized spacial score (nSPS) is 11.9. The summed E-state index contributed by atoms with van der Waals surface area (Å²) in [6.07, 6.45) is 0. The Morgan fingerprint density at radius 3 is 1.22 bits per heavy atom. The second-order valence-corrected chi connectivity index (χ2v) is 19.6. The first-order valence-corrected chi connectivity index (χ1v) is 25.4. The maximum absolute atomic E-state index is 6.63. The van der Waals surface area contributed by atoms with E-state index in [9.17, 15) is 0 Å². The van der Waals surface area contributed by atoms with Crippen LogP contribution in [0, 0.1) is 13.8 Å². The maximum atomic E-state index is 6.63. The van der Waals surface area contributed by atoms with Crippen LogP contribution < -0.4 is 9.80 Å². The number of benzene rings is 13. The van der Waals surface area contributed by atoms with Crippen LogP contribution >= 0.6 is 0 Å². The van der Waals surface area contributed by atoms with Gasteiger partial charge in [0.2, 0.25) is 0 Å². The summed E-state index contributed by atoms with van der Waals surface area (Å²) in [6, 6.07) is 87.5. The lowest BCUT2D eigenvalue weighted by Crippen LogP contribution is -2.10. The number of nitrogens with zero attached hydrogens (tertiary/aromatic N) is 2. The van der Waals surface area contributed by atoms with Crippen LogP contribution in [0.3, 0.4) is 0 Å². The standard InChI is InChI=1S/C70H46N2O2/c1-43-41-60(46-33-37-50(38-34-46)72(48-19-7-4-8-20-48)62-28-16-26-58-53-22-12-14-30-64(53)74-70(58)62)66-55-24-10-9-23-54(55)65-44(2)42-59(56-40-39-51(43)67(66)68(56)65)45-31-35-49(36-32-45)71(47-17-5-3-6-18-47)61-27-15-25-57-52-21-11-13-29-63(52)73-69(57)61/h3-42H,1-2H3. The third-order valence-corrected chi connectivity index (χ3v) is 15.4. The number of hydrogen-bond donors (Lipinski definition) is 0. The molecule has 15 rings (SSSR count). The Morgan fingerprint density at radius 1 is 0.270 bits per heavy atom. The topological polar surface area (TPSA) is 32.8 Å². The second-order valence-electron chi connectivity index (χ2n) is 19.6. The fourth-order valence-corrected chi connectivity index (χ4v) is 12.2. The molecule has 0 atom stereocenters. The molecule has 0 radical (unpaired) electrons. The van der Waals surface area contributed by atoms with Gasteiger partial charge in [-0.15, -0.1) is 0 Å². The molecule has 0 aliphatic rings. The van der Waals surface area contributed by atoms with Gasteiger partial charge >= 0.3 is 0 Å². The van der Waals surface area contributed by atoms with Crippen LogP contribution in [0.25, 0.3) is 109 Å². The van der Waals surface area contributed by atoms with Crippen molar-refractivity contribution < 1.29 is 8.83 Å². The smallest absolute Gasteiger partial charge is 0.159 e. The van der Waals surface area contributed by atoms with E-state index in [0.29, 0.717) is 0 Å². The molecule has 0 fully saturated rings. The fraction of sp³-hybridized carbons (Fsp3) is 0.0286. The van der Waals surface area contributed by atoms with E-state index < -0.39 is 0 Å². The number of hydrogen-bond acceptors (Lipinski definition) is 4. The van der Waals surface area contributed by atoms with Crippen LogP contribution in [0.5, 0.6) is 0 Å². The first kappa shape index (κ1) is 42.1. The van der Waals surface area contributed by atoms with Gasteiger partial charge in [0.15, 0.2) is 11.2 Å². The van der Waals surface area contributed by atoms with Crippen molar-refractivity contribution in [1.82, 2.24) is 0 Å². The van der Waals surface area contributed by atoms with E-state index in [4.69, 9.17) is 8.83 Å².